The molecule has 0 spiro atoms. The number of esters is 4. The van der Waals surface area contributed by atoms with Gasteiger partial charge in [0.1, 0.15) is 17.2 Å². The Morgan fingerprint density at radius 1 is 0.733 bits per heavy atom. The molecule has 0 heterocycles. The SMILES string of the molecule is C=CC(=O)OCCCCOc1ccc(C(=O)Oc2ccc(OC(=O)c3ccc(C(OCCC)OC(=O)C=C)cc3)cc2C)cc1. The molecule has 0 aliphatic carbocycles. The number of benzene rings is 3. The van der Waals surface area contributed by atoms with Crippen LogP contribution in [0.4, 0.5) is 0 Å². The van der Waals surface area contributed by atoms with E-state index in [-0.39, 0.29) is 11.3 Å². The van der Waals surface area contributed by atoms with Gasteiger partial charge in [-0.15, -0.1) is 0 Å². The van der Waals surface area contributed by atoms with Crippen molar-refractivity contribution in [2.75, 3.05) is 19.8 Å². The van der Waals surface area contributed by atoms with Crippen molar-refractivity contribution in [3.63, 3.8) is 0 Å². The predicted molar refractivity (Wildman–Crippen MR) is 165 cm³/mol. The Hall–Kier alpha value is -5.22. The molecule has 0 saturated carbocycles. The van der Waals surface area contributed by atoms with Crippen molar-refractivity contribution in [2.45, 2.75) is 39.4 Å². The fraction of sp³-hybridized carbons (Fsp3) is 0.257. The van der Waals surface area contributed by atoms with E-state index in [1.807, 2.05) is 6.92 Å². The highest BCUT2D eigenvalue weighted by Gasteiger charge is 2.18. The molecule has 0 aromatic heterocycles. The van der Waals surface area contributed by atoms with Gasteiger partial charge in [0, 0.05) is 17.7 Å². The number of rotatable bonds is 17. The summed E-state index contributed by atoms with van der Waals surface area (Å²) in [5, 5.41) is 0. The zero-order valence-electron chi connectivity index (χ0n) is 25.3. The monoisotopic (exact) mass is 616 g/mol. The van der Waals surface area contributed by atoms with Gasteiger partial charge in [0.15, 0.2) is 0 Å². The first-order valence-electron chi connectivity index (χ1n) is 14.4. The molecule has 0 amide bonds. The third kappa shape index (κ3) is 11.1. The predicted octanol–water partition coefficient (Wildman–Crippen LogP) is 6.48. The number of aryl methyl sites for hydroxylation is 1. The Balaban J connectivity index is 1.52. The van der Waals surface area contributed by atoms with Crippen molar-refractivity contribution in [1.29, 1.82) is 0 Å². The highest BCUT2D eigenvalue weighted by Crippen LogP contribution is 2.26. The van der Waals surface area contributed by atoms with Gasteiger partial charge in [-0.05, 0) is 86.3 Å². The average Bonchev–Trinajstić information content (AvgIpc) is 3.05. The third-order valence-electron chi connectivity index (χ3n) is 6.15. The lowest BCUT2D eigenvalue weighted by Crippen LogP contribution is -2.14. The molecule has 0 saturated heterocycles. The summed E-state index contributed by atoms with van der Waals surface area (Å²) in [6.45, 7) is 11.5. The first-order valence-corrected chi connectivity index (χ1v) is 14.4. The minimum atomic E-state index is -0.928. The molecular weight excluding hydrogens is 580 g/mol. The summed E-state index contributed by atoms with van der Waals surface area (Å²) in [6.07, 6.45) is 3.32. The van der Waals surface area contributed by atoms with Crippen LogP contribution in [0.1, 0.15) is 64.3 Å². The summed E-state index contributed by atoms with van der Waals surface area (Å²) in [4.78, 5) is 48.2. The smallest absolute Gasteiger partial charge is 0.343 e. The lowest BCUT2D eigenvalue weighted by molar-refractivity contribution is -0.175. The standard InChI is InChI=1S/C35H36O10/c1-5-20-42-35(45-32(37)7-3)27-12-10-25(11-13-27)33(38)43-29-18-19-30(24(4)23-29)44-34(39)26-14-16-28(17-15-26)40-21-8-9-22-41-31(36)6-2/h6-7,10-19,23,35H,2-3,5,8-9,20-22H2,1,4H3. The van der Waals surface area contributed by atoms with Gasteiger partial charge < -0.3 is 28.4 Å². The number of ether oxygens (including phenoxy) is 6. The normalized spacial score (nSPS) is 11.1. The van der Waals surface area contributed by atoms with Gasteiger partial charge in [0.25, 0.3) is 0 Å². The topological polar surface area (TPSA) is 124 Å². The first kappa shape index (κ1) is 34.3. The Morgan fingerprint density at radius 2 is 1.33 bits per heavy atom. The van der Waals surface area contributed by atoms with E-state index in [1.54, 1.807) is 67.6 Å². The molecule has 0 radical (unpaired) electrons. The molecule has 3 aromatic rings. The Labute approximate surface area is 262 Å². The molecule has 0 N–H and O–H groups in total. The molecule has 1 atom stereocenters. The fourth-order valence-electron chi connectivity index (χ4n) is 3.79. The molecule has 0 aliphatic heterocycles. The number of carbonyl (C=O) groups is 4. The van der Waals surface area contributed by atoms with E-state index in [0.717, 1.165) is 18.6 Å². The van der Waals surface area contributed by atoms with E-state index in [0.29, 0.717) is 60.9 Å². The quantitative estimate of drug-likeness (QED) is 0.0548. The van der Waals surface area contributed by atoms with E-state index in [2.05, 4.69) is 13.2 Å². The Morgan fingerprint density at radius 3 is 1.96 bits per heavy atom. The average molecular weight is 617 g/mol. The summed E-state index contributed by atoms with van der Waals surface area (Å²) < 4.78 is 32.5. The maximum atomic E-state index is 12.8. The van der Waals surface area contributed by atoms with Crippen LogP contribution in [0.2, 0.25) is 0 Å². The third-order valence-corrected chi connectivity index (χ3v) is 6.15. The summed E-state index contributed by atoms with van der Waals surface area (Å²) in [7, 11) is 0. The molecule has 3 aromatic carbocycles. The van der Waals surface area contributed by atoms with Gasteiger partial charge in [0.05, 0.1) is 30.9 Å². The van der Waals surface area contributed by atoms with Gasteiger partial charge in [-0.3, -0.25) is 0 Å². The van der Waals surface area contributed by atoms with Gasteiger partial charge in [-0.1, -0.05) is 32.2 Å². The summed E-state index contributed by atoms with van der Waals surface area (Å²) >= 11 is 0. The molecular formula is C35H36O10. The molecule has 45 heavy (non-hydrogen) atoms. The van der Waals surface area contributed by atoms with Crippen LogP contribution >= 0.6 is 0 Å². The van der Waals surface area contributed by atoms with Crippen LogP contribution in [0, 0.1) is 6.92 Å². The van der Waals surface area contributed by atoms with Crippen LogP contribution in [0.5, 0.6) is 17.2 Å². The van der Waals surface area contributed by atoms with Crippen LogP contribution in [0.15, 0.2) is 92.0 Å². The molecule has 236 valence electrons. The molecule has 10 nitrogen and oxygen atoms in total. The van der Waals surface area contributed by atoms with Crippen molar-refractivity contribution < 1.29 is 47.6 Å². The zero-order chi connectivity index (χ0) is 32.6. The molecule has 0 fully saturated rings. The fourth-order valence-corrected chi connectivity index (χ4v) is 3.79. The van der Waals surface area contributed by atoms with E-state index in [9.17, 15) is 19.2 Å². The van der Waals surface area contributed by atoms with Crippen LogP contribution in [-0.2, 0) is 23.8 Å². The zero-order valence-corrected chi connectivity index (χ0v) is 25.3. The van der Waals surface area contributed by atoms with E-state index in [4.69, 9.17) is 28.4 Å². The first-order chi connectivity index (χ1) is 21.7. The lowest BCUT2D eigenvalue weighted by atomic mass is 10.1. The number of carbonyl (C=O) groups excluding carboxylic acids is 4. The van der Waals surface area contributed by atoms with E-state index >= 15 is 0 Å². The summed E-state index contributed by atoms with van der Waals surface area (Å²) in [6, 6.07) is 17.5. The minimum absolute atomic E-state index is 0.269. The minimum Gasteiger partial charge on any atom is -0.494 e. The lowest BCUT2D eigenvalue weighted by Gasteiger charge is -2.18. The van der Waals surface area contributed by atoms with Crippen LogP contribution in [0.25, 0.3) is 0 Å². The number of unbranched alkanes of at least 4 members (excludes halogenated alkanes) is 1. The van der Waals surface area contributed by atoms with Gasteiger partial charge >= 0.3 is 23.9 Å². The summed E-state index contributed by atoms with van der Waals surface area (Å²) in [5.41, 5.74) is 1.75. The van der Waals surface area contributed by atoms with Crippen molar-refractivity contribution >= 4 is 23.9 Å². The maximum absolute atomic E-state index is 12.8. The molecule has 0 aliphatic rings. The van der Waals surface area contributed by atoms with Gasteiger partial charge in [0.2, 0.25) is 6.29 Å². The second-order valence-electron chi connectivity index (χ2n) is 9.62. The van der Waals surface area contributed by atoms with Crippen molar-refractivity contribution in [3.05, 3.63) is 114 Å². The molecule has 0 bridgehead atoms. The Kier molecular flexibility index (Phi) is 13.5. The van der Waals surface area contributed by atoms with Crippen molar-refractivity contribution in [2.24, 2.45) is 0 Å². The largest absolute Gasteiger partial charge is 0.494 e. The maximum Gasteiger partial charge on any atom is 0.343 e. The van der Waals surface area contributed by atoms with Gasteiger partial charge in [-0.2, -0.15) is 0 Å². The van der Waals surface area contributed by atoms with Gasteiger partial charge in [-0.25, -0.2) is 19.2 Å². The van der Waals surface area contributed by atoms with Crippen LogP contribution in [0.3, 0.4) is 0 Å². The highest BCUT2D eigenvalue weighted by molar-refractivity contribution is 5.92. The number of hydrogen-bond acceptors (Lipinski definition) is 10. The van der Waals surface area contributed by atoms with Crippen molar-refractivity contribution in [1.82, 2.24) is 0 Å². The second kappa shape index (κ2) is 17.8. The van der Waals surface area contributed by atoms with E-state index in [1.165, 1.54) is 6.07 Å². The molecule has 10 heteroatoms. The highest BCUT2D eigenvalue weighted by atomic mass is 16.7. The van der Waals surface area contributed by atoms with Crippen molar-refractivity contribution in [3.8, 4) is 17.2 Å². The summed E-state index contributed by atoms with van der Waals surface area (Å²) in [5.74, 6) is -1.06. The Bertz CT molecular complexity index is 1480. The van der Waals surface area contributed by atoms with Crippen LogP contribution in [-0.4, -0.2) is 43.7 Å². The van der Waals surface area contributed by atoms with E-state index < -0.39 is 30.2 Å². The number of hydrogen-bond donors (Lipinski definition) is 0. The molecule has 1 unspecified atom stereocenters. The molecule has 3 rings (SSSR count). The second-order valence-corrected chi connectivity index (χ2v) is 9.62. The van der Waals surface area contributed by atoms with Crippen LogP contribution < -0.4 is 14.2 Å².